The average Bonchev–Trinajstić information content (AvgIpc) is 2.93. The molecule has 0 atom stereocenters. The Morgan fingerprint density at radius 3 is 2.41 bits per heavy atom. The molecule has 0 aliphatic carbocycles. The maximum Gasteiger partial charge on any atom is 0.354 e. The van der Waals surface area contributed by atoms with Gasteiger partial charge < -0.3 is 9.30 Å². The largest absolute Gasteiger partial charge is 0.464 e. The second kappa shape index (κ2) is 7.56. The van der Waals surface area contributed by atoms with Gasteiger partial charge in [0, 0.05) is 11.9 Å². The summed E-state index contributed by atoms with van der Waals surface area (Å²) in [5.41, 5.74) is 3.85. The van der Waals surface area contributed by atoms with E-state index in [9.17, 15) is 13.2 Å². The van der Waals surface area contributed by atoms with Crippen molar-refractivity contribution >= 4 is 26.7 Å². The van der Waals surface area contributed by atoms with Gasteiger partial charge in [-0.15, -0.1) is 0 Å². The van der Waals surface area contributed by atoms with Gasteiger partial charge in [-0.1, -0.05) is 48.5 Å². The summed E-state index contributed by atoms with van der Waals surface area (Å²) >= 11 is 0. The molecule has 0 fully saturated rings. The first-order valence-corrected chi connectivity index (χ1v) is 10.6. The number of aromatic nitrogens is 1. The van der Waals surface area contributed by atoms with Crippen molar-refractivity contribution < 1.29 is 17.9 Å². The van der Waals surface area contributed by atoms with E-state index in [4.69, 9.17) is 4.74 Å². The van der Waals surface area contributed by atoms with Gasteiger partial charge in [0.05, 0.1) is 24.1 Å². The molecule has 0 N–H and O–H groups in total. The molecular weight excluding hydrogens is 362 g/mol. The number of methoxy groups -OCH3 is 1. The summed E-state index contributed by atoms with van der Waals surface area (Å²) in [6.45, 7) is 4.02. The standard InChI is InChI=1S/C21H23NO4S/c1-15-8-7-11-18-16(2)20(21(23)26-3)22(19(15)18)12-13-27(24,25)14-17-9-5-4-6-10-17/h4-11H,12-14H2,1-3H3. The van der Waals surface area contributed by atoms with Crippen LogP contribution >= 0.6 is 0 Å². The molecule has 0 aliphatic heterocycles. The van der Waals surface area contributed by atoms with Crippen LogP contribution in [-0.4, -0.2) is 31.8 Å². The molecule has 2 aromatic carbocycles. The SMILES string of the molecule is COC(=O)c1c(C)c2cccc(C)c2n1CCS(=O)(=O)Cc1ccccc1. The van der Waals surface area contributed by atoms with Crippen LogP contribution < -0.4 is 0 Å². The number of esters is 1. The van der Waals surface area contributed by atoms with Crippen LogP contribution in [0.3, 0.4) is 0 Å². The number of carbonyl (C=O) groups is 1. The Labute approximate surface area is 159 Å². The fourth-order valence-electron chi connectivity index (χ4n) is 3.48. The van der Waals surface area contributed by atoms with Gasteiger partial charge in [0.1, 0.15) is 5.69 Å². The number of carbonyl (C=O) groups excluding carboxylic acids is 1. The van der Waals surface area contributed by atoms with E-state index in [1.165, 1.54) is 7.11 Å². The minimum atomic E-state index is -3.33. The van der Waals surface area contributed by atoms with E-state index >= 15 is 0 Å². The van der Waals surface area contributed by atoms with Crippen LogP contribution in [0.5, 0.6) is 0 Å². The second-order valence-electron chi connectivity index (χ2n) is 6.67. The first-order chi connectivity index (χ1) is 12.8. The molecule has 27 heavy (non-hydrogen) atoms. The molecule has 0 radical (unpaired) electrons. The van der Waals surface area contributed by atoms with E-state index in [1.807, 2.05) is 50.2 Å². The molecule has 0 amide bonds. The summed E-state index contributed by atoms with van der Waals surface area (Å²) in [7, 11) is -1.99. The topological polar surface area (TPSA) is 65.4 Å². The summed E-state index contributed by atoms with van der Waals surface area (Å²) in [5.74, 6) is -0.522. The first-order valence-electron chi connectivity index (χ1n) is 8.75. The van der Waals surface area contributed by atoms with E-state index in [1.54, 1.807) is 16.7 Å². The van der Waals surface area contributed by atoms with Gasteiger partial charge in [0.15, 0.2) is 9.84 Å². The van der Waals surface area contributed by atoms with E-state index in [-0.39, 0.29) is 18.1 Å². The first kappa shape index (κ1) is 19.2. The number of nitrogens with zero attached hydrogens (tertiary/aromatic N) is 1. The minimum Gasteiger partial charge on any atom is -0.464 e. The smallest absolute Gasteiger partial charge is 0.354 e. The molecule has 1 aromatic heterocycles. The highest BCUT2D eigenvalue weighted by Crippen LogP contribution is 2.29. The van der Waals surface area contributed by atoms with Crippen molar-refractivity contribution in [2.24, 2.45) is 0 Å². The molecule has 5 nitrogen and oxygen atoms in total. The number of rotatable bonds is 6. The van der Waals surface area contributed by atoms with Crippen molar-refractivity contribution in [1.29, 1.82) is 0 Å². The van der Waals surface area contributed by atoms with Crippen molar-refractivity contribution in [2.75, 3.05) is 12.9 Å². The Hall–Kier alpha value is -2.60. The fraction of sp³-hybridized carbons (Fsp3) is 0.286. The normalized spacial score (nSPS) is 11.7. The lowest BCUT2D eigenvalue weighted by Crippen LogP contribution is -2.19. The van der Waals surface area contributed by atoms with E-state index in [0.717, 1.165) is 27.6 Å². The predicted octanol–water partition coefficient (Wildman–Crippen LogP) is 3.66. The number of sulfone groups is 1. The van der Waals surface area contributed by atoms with Crippen LogP contribution in [0.15, 0.2) is 48.5 Å². The molecule has 0 saturated carbocycles. The highest BCUT2D eigenvalue weighted by molar-refractivity contribution is 7.90. The lowest BCUT2D eigenvalue weighted by atomic mass is 10.1. The Kier molecular flexibility index (Phi) is 5.37. The Bertz CT molecular complexity index is 1080. The lowest BCUT2D eigenvalue weighted by Gasteiger charge is -2.12. The second-order valence-corrected chi connectivity index (χ2v) is 8.85. The summed E-state index contributed by atoms with van der Waals surface area (Å²) in [4.78, 5) is 12.4. The minimum absolute atomic E-state index is 0.0153. The van der Waals surface area contributed by atoms with Crippen LogP contribution in [0, 0.1) is 13.8 Å². The molecule has 0 saturated heterocycles. The van der Waals surface area contributed by atoms with Crippen molar-refractivity contribution in [1.82, 2.24) is 4.57 Å². The van der Waals surface area contributed by atoms with Gasteiger partial charge in [-0.25, -0.2) is 13.2 Å². The van der Waals surface area contributed by atoms with Gasteiger partial charge in [-0.2, -0.15) is 0 Å². The zero-order chi connectivity index (χ0) is 19.6. The average molecular weight is 385 g/mol. The number of para-hydroxylation sites is 1. The fourth-order valence-corrected chi connectivity index (χ4v) is 4.78. The third kappa shape index (κ3) is 3.90. The Morgan fingerprint density at radius 2 is 1.74 bits per heavy atom. The molecular formula is C21H23NO4S. The van der Waals surface area contributed by atoms with Gasteiger partial charge in [-0.3, -0.25) is 0 Å². The molecule has 0 bridgehead atoms. The highest BCUT2D eigenvalue weighted by atomic mass is 32.2. The van der Waals surface area contributed by atoms with Gasteiger partial charge in [0.2, 0.25) is 0 Å². The Balaban J connectivity index is 1.98. The maximum atomic E-state index is 12.6. The number of aryl methyl sites for hydroxylation is 3. The van der Waals surface area contributed by atoms with Gasteiger partial charge in [-0.05, 0) is 30.5 Å². The third-order valence-electron chi connectivity index (χ3n) is 4.77. The summed E-state index contributed by atoms with van der Waals surface area (Å²) in [5, 5.41) is 0.941. The highest BCUT2D eigenvalue weighted by Gasteiger charge is 2.23. The monoisotopic (exact) mass is 385 g/mol. The lowest BCUT2D eigenvalue weighted by molar-refractivity contribution is 0.0588. The van der Waals surface area contributed by atoms with Crippen LogP contribution in [0.25, 0.3) is 10.9 Å². The number of benzene rings is 2. The van der Waals surface area contributed by atoms with E-state index in [0.29, 0.717) is 5.69 Å². The van der Waals surface area contributed by atoms with Crippen LogP contribution in [0.1, 0.15) is 27.2 Å². The zero-order valence-electron chi connectivity index (χ0n) is 15.7. The number of ether oxygens (including phenoxy) is 1. The van der Waals surface area contributed by atoms with Crippen molar-refractivity contribution in [3.8, 4) is 0 Å². The molecule has 3 rings (SSSR count). The number of hydrogen-bond acceptors (Lipinski definition) is 4. The van der Waals surface area contributed by atoms with Gasteiger partial charge >= 0.3 is 5.97 Å². The quantitative estimate of drug-likeness (QED) is 0.608. The molecule has 6 heteroatoms. The van der Waals surface area contributed by atoms with E-state index < -0.39 is 15.8 Å². The van der Waals surface area contributed by atoms with Crippen molar-refractivity contribution in [2.45, 2.75) is 26.1 Å². The summed E-state index contributed by atoms with van der Waals surface area (Å²) in [6, 6.07) is 14.9. The van der Waals surface area contributed by atoms with Crippen LogP contribution in [0.2, 0.25) is 0 Å². The molecule has 0 aliphatic rings. The van der Waals surface area contributed by atoms with Crippen molar-refractivity contribution in [3.05, 3.63) is 70.9 Å². The molecule has 1 heterocycles. The van der Waals surface area contributed by atoms with E-state index in [2.05, 4.69) is 0 Å². The predicted molar refractivity (Wildman–Crippen MR) is 107 cm³/mol. The summed E-state index contributed by atoms with van der Waals surface area (Å²) < 4.78 is 32.0. The summed E-state index contributed by atoms with van der Waals surface area (Å²) in [6.07, 6.45) is 0. The third-order valence-corrected chi connectivity index (χ3v) is 6.35. The Morgan fingerprint density at radius 1 is 1.04 bits per heavy atom. The zero-order valence-corrected chi connectivity index (χ0v) is 16.5. The number of fused-ring (bicyclic) bond motifs is 1. The van der Waals surface area contributed by atoms with Crippen LogP contribution in [-0.2, 0) is 26.9 Å². The maximum absolute atomic E-state index is 12.6. The van der Waals surface area contributed by atoms with Crippen LogP contribution in [0.4, 0.5) is 0 Å². The molecule has 0 unspecified atom stereocenters. The van der Waals surface area contributed by atoms with Crippen molar-refractivity contribution in [3.63, 3.8) is 0 Å². The molecule has 3 aromatic rings. The van der Waals surface area contributed by atoms with Gasteiger partial charge in [0.25, 0.3) is 0 Å². The molecule has 142 valence electrons. The molecule has 0 spiro atoms. The number of hydrogen-bond donors (Lipinski definition) is 0.